The third kappa shape index (κ3) is 4.90. The maximum Gasteiger partial charge on any atom is 0.320 e. The molecule has 0 spiro atoms. The minimum Gasteiger partial charge on any atom is -0.465 e. The molecule has 0 aromatic carbocycles. The fourth-order valence-corrected chi connectivity index (χ4v) is 7.26. The second kappa shape index (κ2) is 10.8. The average molecular weight is 508 g/mol. The first kappa shape index (κ1) is 26.7. The lowest BCUT2D eigenvalue weighted by Crippen LogP contribution is -2.60. The molecule has 2 heterocycles. The lowest BCUT2D eigenvalue weighted by Gasteiger charge is -2.61. The average Bonchev–Trinajstić information content (AvgIpc) is 2.79. The zero-order valence-corrected chi connectivity index (χ0v) is 21.4. The third-order valence-electron chi connectivity index (χ3n) is 8.17. The maximum atomic E-state index is 13.2. The molecule has 5 aliphatic rings. The van der Waals surface area contributed by atoms with Gasteiger partial charge in [-0.05, 0) is 87.3 Å². The lowest BCUT2D eigenvalue weighted by atomic mass is 9.52. The van der Waals surface area contributed by atoms with Crippen LogP contribution in [0.4, 0.5) is 0 Å². The number of ether oxygens (including phenoxy) is 1. The number of hydrogen-bond donors (Lipinski definition) is 0. The van der Waals surface area contributed by atoms with E-state index in [1.807, 2.05) is 24.4 Å². The van der Waals surface area contributed by atoms with Crippen molar-refractivity contribution >= 4 is 43.3 Å². The molecule has 0 radical (unpaired) electrons. The van der Waals surface area contributed by atoms with Crippen LogP contribution in [0.2, 0.25) is 0 Å². The molecule has 1 atom stereocenters. The van der Waals surface area contributed by atoms with E-state index < -0.39 is 11.4 Å². The summed E-state index contributed by atoms with van der Waals surface area (Å²) in [5.41, 5.74) is 0.761. The van der Waals surface area contributed by atoms with Crippen molar-refractivity contribution in [3.8, 4) is 0 Å². The summed E-state index contributed by atoms with van der Waals surface area (Å²) in [6.45, 7) is 2.65. The molecule has 0 N–H and O–H groups in total. The summed E-state index contributed by atoms with van der Waals surface area (Å²) < 4.78 is 5.43. The fourth-order valence-electron chi connectivity index (χ4n) is 7.26. The van der Waals surface area contributed by atoms with E-state index >= 15 is 0 Å². The van der Waals surface area contributed by atoms with E-state index in [4.69, 9.17) is 4.74 Å². The summed E-state index contributed by atoms with van der Waals surface area (Å²) in [5, 5.41) is 0. The summed E-state index contributed by atoms with van der Waals surface area (Å²) >= 11 is 0. The molecule has 186 valence electrons. The van der Waals surface area contributed by atoms with Crippen molar-refractivity contribution < 1.29 is 14.3 Å². The van der Waals surface area contributed by atoms with Gasteiger partial charge in [0.2, 0.25) is 0 Å². The van der Waals surface area contributed by atoms with Crippen molar-refractivity contribution in [2.45, 2.75) is 63.8 Å². The van der Waals surface area contributed by atoms with Crippen molar-refractivity contribution in [1.29, 1.82) is 0 Å². The first-order valence-electron chi connectivity index (χ1n) is 12.0. The molecule has 1 unspecified atom stereocenters. The smallest absolute Gasteiger partial charge is 0.320 e. The van der Waals surface area contributed by atoms with Crippen molar-refractivity contribution in [1.82, 2.24) is 9.88 Å². The van der Waals surface area contributed by atoms with E-state index in [0.717, 1.165) is 35.3 Å². The highest BCUT2D eigenvalue weighted by atomic mass is 35.5. The number of aromatic nitrogens is 1. The first-order valence-corrected chi connectivity index (χ1v) is 12.0. The SMILES string of the molecule is CCOC(=O)C(C=O)(CC1=CC=NCN1C12CC3CC(CC(C3)C1)C2)Cc1cccnc1.Cl.Cl. The number of aliphatic imine (C=N–C) groups is 1. The third-order valence-corrected chi connectivity index (χ3v) is 8.17. The van der Waals surface area contributed by atoms with Crippen LogP contribution in [0.1, 0.15) is 57.4 Å². The Balaban J connectivity index is 0.00000162. The van der Waals surface area contributed by atoms with Crippen molar-refractivity contribution in [3.63, 3.8) is 0 Å². The second-order valence-corrected chi connectivity index (χ2v) is 10.4. The predicted molar refractivity (Wildman–Crippen MR) is 136 cm³/mol. The largest absolute Gasteiger partial charge is 0.465 e. The van der Waals surface area contributed by atoms with Crippen LogP contribution in [-0.2, 0) is 20.7 Å². The van der Waals surface area contributed by atoms with Gasteiger partial charge in [0.05, 0.1) is 6.61 Å². The van der Waals surface area contributed by atoms with Crippen LogP contribution in [0.15, 0.2) is 41.3 Å². The highest BCUT2D eigenvalue weighted by Crippen LogP contribution is 2.59. The maximum absolute atomic E-state index is 13.2. The topological polar surface area (TPSA) is 71.9 Å². The Kier molecular flexibility index (Phi) is 8.46. The number of allylic oxidation sites excluding steroid dienone is 2. The van der Waals surface area contributed by atoms with Crippen LogP contribution < -0.4 is 0 Å². The molecule has 0 saturated heterocycles. The number of carbonyl (C=O) groups is 2. The van der Waals surface area contributed by atoms with Gasteiger partial charge in [0.15, 0.2) is 0 Å². The molecule has 34 heavy (non-hydrogen) atoms. The Morgan fingerprint density at radius 3 is 2.41 bits per heavy atom. The Hall–Kier alpha value is -1.92. The van der Waals surface area contributed by atoms with Gasteiger partial charge in [-0.15, -0.1) is 24.8 Å². The van der Waals surface area contributed by atoms with Gasteiger partial charge < -0.3 is 14.4 Å². The minimum absolute atomic E-state index is 0. The van der Waals surface area contributed by atoms with Crippen molar-refractivity contribution in [3.05, 3.63) is 41.9 Å². The van der Waals surface area contributed by atoms with Gasteiger partial charge in [-0.1, -0.05) is 6.07 Å². The number of rotatable bonds is 8. The second-order valence-electron chi connectivity index (χ2n) is 10.4. The van der Waals surface area contributed by atoms with E-state index in [9.17, 15) is 9.59 Å². The Morgan fingerprint density at radius 2 is 1.85 bits per heavy atom. The van der Waals surface area contributed by atoms with E-state index in [-0.39, 0.29) is 43.4 Å². The van der Waals surface area contributed by atoms with Crippen molar-refractivity contribution in [2.75, 3.05) is 13.3 Å². The minimum atomic E-state index is -1.27. The molecule has 1 aromatic rings. The molecule has 6 nitrogen and oxygen atoms in total. The van der Waals surface area contributed by atoms with Gasteiger partial charge in [-0.2, -0.15) is 0 Å². The molecule has 4 fully saturated rings. The summed E-state index contributed by atoms with van der Waals surface area (Å²) in [4.78, 5) is 37.0. The van der Waals surface area contributed by atoms with E-state index in [2.05, 4.69) is 14.9 Å². The number of hydrogen-bond acceptors (Lipinski definition) is 6. The number of aldehydes is 1. The molecule has 1 aromatic heterocycles. The Morgan fingerprint density at radius 1 is 1.18 bits per heavy atom. The number of halogens is 2. The van der Waals surface area contributed by atoms with Crippen molar-refractivity contribution in [2.24, 2.45) is 28.2 Å². The molecule has 8 heteroatoms. The lowest BCUT2D eigenvalue weighted by molar-refractivity contribution is -0.157. The van der Waals surface area contributed by atoms with Gasteiger partial charge >= 0.3 is 5.97 Å². The fraction of sp³-hybridized carbons (Fsp3) is 0.615. The van der Waals surface area contributed by atoms with E-state index in [1.54, 1.807) is 19.3 Å². The van der Waals surface area contributed by atoms with Crippen LogP contribution in [0.3, 0.4) is 0 Å². The predicted octanol–water partition coefficient (Wildman–Crippen LogP) is 4.80. The molecule has 0 amide bonds. The molecular weight excluding hydrogens is 473 g/mol. The van der Waals surface area contributed by atoms with Crippen LogP contribution in [0, 0.1) is 23.2 Å². The molecule has 4 aliphatic carbocycles. The van der Waals surface area contributed by atoms with E-state index in [0.29, 0.717) is 13.1 Å². The molecule has 4 bridgehead atoms. The summed E-state index contributed by atoms with van der Waals surface area (Å²) in [6, 6.07) is 3.75. The van der Waals surface area contributed by atoms with Crippen LogP contribution in [0.25, 0.3) is 0 Å². The zero-order chi connectivity index (χ0) is 22.2. The van der Waals surface area contributed by atoms with Gasteiger partial charge in [0.1, 0.15) is 18.4 Å². The highest BCUT2D eigenvalue weighted by molar-refractivity contribution is 5.94. The van der Waals surface area contributed by atoms with Gasteiger partial charge in [0, 0.05) is 36.3 Å². The van der Waals surface area contributed by atoms with Gasteiger partial charge in [-0.25, -0.2) is 0 Å². The number of pyridine rings is 1. The molecule has 6 rings (SSSR count). The standard InChI is InChI=1S/C26H33N3O3.2ClH/c1-2-32-24(31)25(17-30,11-19-4-3-6-27-16-19)15-23-5-7-28-18-29(23)26-12-20-8-21(13-26)10-22(9-20)14-26;;/h3-7,16-17,20-22H,2,8-15,18H2,1H3;2*1H. The quantitative estimate of drug-likeness (QED) is 0.287. The van der Waals surface area contributed by atoms with Crippen LogP contribution >= 0.6 is 24.8 Å². The normalized spacial score (nSPS) is 30.4. The number of carbonyl (C=O) groups excluding carboxylic acids is 2. The van der Waals surface area contributed by atoms with Crippen LogP contribution in [0.5, 0.6) is 0 Å². The number of esters is 1. The van der Waals surface area contributed by atoms with Gasteiger partial charge in [0.25, 0.3) is 0 Å². The van der Waals surface area contributed by atoms with Gasteiger partial charge in [-0.3, -0.25) is 14.8 Å². The summed E-state index contributed by atoms with van der Waals surface area (Å²) in [7, 11) is 0. The van der Waals surface area contributed by atoms with Crippen LogP contribution in [-0.4, -0.2) is 47.2 Å². The zero-order valence-electron chi connectivity index (χ0n) is 19.7. The molecular formula is C26H35Cl2N3O3. The summed E-state index contributed by atoms with van der Waals surface area (Å²) in [5.74, 6) is 1.98. The Labute approximate surface area is 214 Å². The number of nitrogens with zero attached hydrogens (tertiary/aromatic N) is 3. The first-order chi connectivity index (χ1) is 15.6. The monoisotopic (exact) mass is 507 g/mol. The van der Waals surface area contributed by atoms with E-state index in [1.165, 1.54) is 38.5 Å². The Bertz CT molecular complexity index is 901. The molecule has 1 aliphatic heterocycles. The summed E-state index contributed by atoms with van der Waals surface area (Å²) in [6.07, 6.45) is 16.4. The highest BCUT2D eigenvalue weighted by Gasteiger charge is 2.55. The molecule has 4 saturated carbocycles.